The third kappa shape index (κ3) is 3.87. The molecule has 0 bridgehead atoms. The Morgan fingerprint density at radius 2 is 2.00 bits per heavy atom. The van der Waals surface area contributed by atoms with Gasteiger partial charge < -0.3 is 0 Å². The smallest absolute Gasteiger partial charge is 0.0444 e. The summed E-state index contributed by atoms with van der Waals surface area (Å²) < 4.78 is 1.05. The van der Waals surface area contributed by atoms with Gasteiger partial charge in [0.2, 0.25) is 0 Å². The SMILES string of the molecule is Cc1cc(Br)cnc1CC(Br)C(C)(C)C. The fourth-order valence-corrected chi connectivity index (χ4v) is 2.01. The van der Waals surface area contributed by atoms with Crippen LogP contribution >= 0.6 is 31.9 Å². The highest BCUT2D eigenvalue weighted by atomic mass is 79.9. The minimum atomic E-state index is 0.265. The number of alkyl halides is 1. The molecule has 0 N–H and O–H groups in total. The van der Waals surface area contributed by atoms with Crippen LogP contribution in [0.3, 0.4) is 0 Å². The van der Waals surface area contributed by atoms with Gasteiger partial charge in [0.05, 0.1) is 0 Å². The summed E-state index contributed by atoms with van der Waals surface area (Å²) in [5.74, 6) is 0. The zero-order chi connectivity index (χ0) is 11.6. The molecule has 1 rings (SSSR count). The van der Waals surface area contributed by atoms with Gasteiger partial charge in [-0.25, -0.2) is 0 Å². The van der Waals surface area contributed by atoms with Gasteiger partial charge in [0.15, 0.2) is 0 Å². The lowest BCUT2D eigenvalue weighted by Crippen LogP contribution is -2.23. The van der Waals surface area contributed by atoms with Crippen LogP contribution in [0.5, 0.6) is 0 Å². The summed E-state index contributed by atoms with van der Waals surface area (Å²) in [4.78, 5) is 4.91. The molecule has 0 aliphatic heterocycles. The molecular weight excluding hydrogens is 318 g/mol. The number of rotatable bonds is 2. The molecule has 1 aromatic rings. The van der Waals surface area contributed by atoms with Crippen molar-refractivity contribution in [1.82, 2.24) is 4.98 Å². The van der Waals surface area contributed by atoms with Gasteiger partial charge in [-0.15, -0.1) is 0 Å². The Morgan fingerprint density at radius 3 is 2.47 bits per heavy atom. The fraction of sp³-hybridized carbons (Fsp3) is 0.583. The number of aromatic nitrogens is 1. The molecule has 1 aromatic heterocycles. The minimum Gasteiger partial charge on any atom is -0.260 e. The van der Waals surface area contributed by atoms with E-state index in [2.05, 4.69) is 70.6 Å². The molecular formula is C12H17Br2N. The van der Waals surface area contributed by atoms with Crippen molar-refractivity contribution in [2.75, 3.05) is 0 Å². The zero-order valence-corrected chi connectivity index (χ0v) is 12.8. The molecule has 1 unspecified atom stereocenters. The maximum absolute atomic E-state index is 4.45. The number of halogens is 2. The summed E-state index contributed by atoms with van der Waals surface area (Å²) in [6.45, 7) is 8.82. The van der Waals surface area contributed by atoms with Crippen LogP contribution in [0.15, 0.2) is 16.7 Å². The van der Waals surface area contributed by atoms with E-state index < -0.39 is 0 Å². The Balaban J connectivity index is 2.82. The van der Waals surface area contributed by atoms with Gasteiger partial charge in [-0.3, -0.25) is 4.98 Å². The minimum absolute atomic E-state index is 0.265. The molecule has 84 valence electrons. The lowest BCUT2D eigenvalue weighted by atomic mass is 9.89. The molecule has 1 nitrogen and oxygen atoms in total. The molecule has 0 saturated heterocycles. The first-order valence-electron chi connectivity index (χ1n) is 5.06. The zero-order valence-electron chi connectivity index (χ0n) is 9.64. The normalized spacial score (nSPS) is 14.0. The molecule has 0 aromatic carbocycles. The van der Waals surface area contributed by atoms with Crippen LogP contribution in [0.4, 0.5) is 0 Å². The molecule has 0 amide bonds. The van der Waals surface area contributed by atoms with Crippen LogP contribution < -0.4 is 0 Å². The highest BCUT2D eigenvalue weighted by Crippen LogP contribution is 2.29. The van der Waals surface area contributed by atoms with Crippen LogP contribution in [0.25, 0.3) is 0 Å². The van der Waals surface area contributed by atoms with Gasteiger partial charge in [0.25, 0.3) is 0 Å². The molecule has 0 saturated carbocycles. The molecule has 15 heavy (non-hydrogen) atoms. The average molecular weight is 335 g/mol. The van der Waals surface area contributed by atoms with Crippen molar-refractivity contribution >= 4 is 31.9 Å². The van der Waals surface area contributed by atoms with Crippen LogP contribution in [0, 0.1) is 12.3 Å². The van der Waals surface area contributed by atoms with Crippen LogP contribution in [-0.2, 0) is 6.42 Å². The van der Waals surface area contributed by atoms with Gasteiger partial charge in [-0.2, -0.15) is 0 Å². The highest BCUT2D eigenvalue weighted by molar-refractivity contribution is 9.10. The molecule has 0 aliphatic carbocycles. The van der Waals surface area contributed by atoms with E-state index in [0.29, 0.717) is 4.83 Å². The first-order chi connectivity index (χ1) is 6.80. The quantitative estimate of drug-likeness (QED) is 0.725. The summed E-state index contributed by atoms with van der Waals surface area (Å²) in [7, 11) is 0. The Bertz CT molecular complexity index is 342. The lowest BCUT2D eigenvalue weighted by Gasteiger charge is -2.25. The molecule has 0 aliphatic rings. The van der Waals surface area contributed by atoms with Crippen molar-refractivity contribution in [1.29, 1.82) is 0 Å². The van der Waals surface area contributed by atoms with E-state index in [4.69, 9.17) is 0 Å². The second-order valence-electron chi connectivity index (χ2n) is 4.95. The van der Waals surface area contributed by atoms with Gasteiger partial charge >= 0.3 is 0 Å². The van der Waals surface area contributed by atoms with Crippen molar-refractivity contribution in [3.05, 3.63) is 28.0 Å². The van der Waals surface area contributed by atoms with E-state index in [1.54, 1.807) is 0 Å². The topological polar surface area (TPSA) is 12.9 Å². The molecule has 0 fully saturated rings. The second kappa shape index (κ2) is 4.96. The van der Waals surface area contributed by atoms with E-state index in [-0.39, 0.29) is 5.41 Å². The Hall–Kier alpha value is 0.110. The summed E-state index contributed by atoms with van der Waals surface area (Å²) >= 11 is 7.16. The highest BCUT2D eigenvalue weighted by Gasteiger charge is 2.22. The van der Waals surface area contributed by atoms with Gasteiger partial charge in [-0.1, -0.05) is 36.7 Å². The molecule has 0 radical (unpaired) electrons. The van der Waals surface area contributed by atoms with Crippen LogP contribution in [-0.4, -0.2) is 9.81 Å². The predicted molar refractivity (Wildman–Crippen MR) is 72.5 cm³/mol. The second-order valence-corrected chi connectivity index (χ2v) is 6.98. The third-order valence-corrected chi connectivity index (χ3v) is 4.60. The number of aryl methyl sites for hydroxylation is 1. The maximum Gasteiger partial charge on any atom is 0.0444 e. The van der Waals surface area contributed by atoms with Crippen molar-refractivity contribution in [3.8, 4) is 0 Å². The van der Waals surface area contributed by atoms with Crippen molar-refractivity contribution in [3.63, 3.8) is 0 Å². The Morgan fingerprint density at radius 1 is 1.40 bits per heavy atom. The summed E-state index contributed by atoms with van der Waals surface area (Å²) in [6.07, 6.45) is 2.84. The molecule has 1 heterocycles. The van der Waals surface area contributed by atoms with Crippen molar-refractivity contribution in [2.45, 2.75) is 38.9 Å². The first kappa shape index (κ1) is 13.2. The third-order valence-electron chi connectivity index (χ3n) is 2.47. The standard InChI is InChI=1S/C12H17Br2N/c1-8-5-9(13)7-15-10(8)6-11(14)12(2,3)4/h5,7,11H,6H2,1-4H3. The van der Waals surface area contributed by atoms with E-state index in [1.807, 2.05) is 6.20 Å². The van der Waals surface area contributed by atoms with Crippen molar-refractivity contribution in [2.24, 2.45) is 5.41 Å². The van der Waals surface area contributed by atoms with Crippen molar-refractivity contribution < 1.29 is 0 Å². The monoisotopic (exact) mass is 333 g/mol. The summed E-state index contributed by atoms with van der Waals surface area (Å²) in [5, 5.41) is 0. The van der Waals surface area contributed by atoms with E-state index >= 15 is 0 Å². The van der Waals surface area contributed by atoms with E-state index in [9.17, 15) is 0 Å². The van der Waals surface area contributed by atoms with Gasteiger partial charge in [0.1, 0.15) is 0 Å². The number of pyridine rings is 1. The first-order valence-corrected chi connectivity index (χ1v) is 6.76. The van der Waals surface area contributed by atoms with Gasteiger partial charge in [0, 0.05) is 27.6 Å². The lowest BCUT2D eigenvalue weighted by molar-refractivity contribution is 0.396. The number of hydrogen-bond acceptors (Lipinski definition) is 1. The van der Waals surface area contributed by atoms with Crippen LogP contribution in [0.1, 0.15) is 32.0 Å². The maximum atomic E-state index is 4.45. The van der Waals surface area contributed by atoms with E-state index in [1.165, 1.54) is 11.3 Å². The fourth-order valence-electron chi connectivity index (χ4n) is 1.26. The van der Waals surface area contributed by atoms with Crippen LogP contribution in [0.2, 0.25) is 0 Å². The predicted octanol–water partition coefficient (Wildman–Crippen LogP) is 4.50. The largest absolute Gasteiger partial charge is 0.260 e. The summed E-state index contributed by atoms with van der Waals surface area (Å²) in [6, 6.07) is 2.12. The number of hydrogen-bond donors (Lipinski definition) is 0. The Labute approximate surface area is 109 Å². The Kier molecular flexibility index (Phi) is 4.36. The van der Waals surface area contributed by atoms with E-state index in [0.717, 1.165) is 10.9 Å². The molecule has 0 spiro atoms. The number of nitrogens with zero attached hydrogens (tertiary/aromatic N) is 1. The average Bonchev–Trinajstić information content (AvgIpc) is 2.08. The molecule has 3 heteroatoms. The summed E-state index contributed by atoms with van der Waals surface area (Å²) in [5.41, 5.74) is 2.69. The molecule has 1 atom stereocenters. The van der Waals surface area contributed by atoms with Gasteiger partial charge in [-0.05, 0) is 39.9 Å².